The summed E-state index contributed by atoms with van der Waals surface area (Å²) in [4.78, 5) is 8.20. The zero-order valence-corrected chi connectivity index (χ0v) is 17.1. The number of hydrogen-bond donors (Lipinski definition) is 2. The maximum Gasteiger partial charge on any atom is 0.0480 e. The normalized spacial score (nSPS) is 17.2. The molecule has 0 spiro atoms. The van der Waals surface area contributed by atoms with Crippen LogP contribution >= 0.6 is 0 Å². The molecule has 0 radical (unpaired) electrons. The van der Waals surface area contributed by atoms with Crippen molar-refractivity contribution < 1.29 is 0 Å². The lowest BCUT2D eigenvalue weighted by Crippen LogP contribution is -2.27. The average Bonchev–Trinajstić information content (AvgIpc) is 3.14. The van der Waals surface area contributed by atoms with Gasteiger partial charge in [0.1, 0.15) is 0 Å². The van der Waals surface area contributed by atoms with Crippen LogP contribution in [0, 0.1) is 6.92 Å². The van der Waals surface area contributed by atoms with Crippen LogP contribution in [0.2, 0.25) is 0 Å². The number of benzene rings is 2. The first-order chi connectivity index (χ1) is 14.2. The summed E-state index contributed by atoms with van der Waals surface area (Å²) in [6.07, 6.45) is 5.51. The lowest BCUT2D eigenvalue weighted by molar-refractivity contribution is 0.410. The molecule has 5 rings (SSSR count). The van der Waals surface area contributed by atoms with E-state index in [1.807, 2.05) is 13.1 Å². The number of pyridine rings is 1. The Morgan fingerprint density at radius 3 is 2.66 bits per heavy atom. The summed E-state index contributed by atoms with van der Waals surface area (Å²) in [7, 11) is 0. The number of nitrogens with one attached hydrogen (secondary N) is 2. The summed E-state index contributed by atoms with van der Waals surface area (Å²) in [5, 5.41) is 5.22. The Bertz CT molecular complexity index is 1130. The van der Waals surface area contributed by atoms with Crippen LogP contribution in [0.3, 0.4) is 0 Å². The minimum Gasteiger partial charge on any atom is -0.357 e. The third kappa shape index (κ3) is 3.47. The summed E-state index contributed by atoms with van der Waals surface area (Å²) < 4.78 is 0. The fourth-order valence-corrected chi connectivity index (χ4v) is 4.59. The molecule has 0 saturated carbocycles. The van der Waals surface area contributed by atoms with E-state index in [1.165, 1.54) is 51.7 Å². The highest BCUT2D eigenvalue weighted by Crippen LogP contribution is 2.37. The van der Waals surface area contributed by atoms with Crippen molar-refractivity contribution in [3.8, 4) is 11.1 Å². The topological polar surface area (TPSA) is 40.7 Å². The number of H-pyrrole nitrogens is 1. The number of aromatic amines is 1. The fourth-order valence-electron chi connectivity index (χ4n) is 4.59. The van der Waals surface area contributed by atoms with Gasteiger partial charge in [-0.1, -0.05) is 42.5 Å². The summed E-state index contributed by atoms with van der Waals surface area (Å²) in [6, 6.07) is 22.4. The van der Waals surface area contributed by atoms with Gasteiger partial charge in [-0.3, -0.25) is 4.98 Å². The zero-order valence-electron chi connectivity index (χ0n) is 17.1. The van der Waals surface area contributed by atoms with Gasteiger partial charge in [0.05, 0.1) is 0 Å². The van der Waals surface area contributed by atoms with Crippen LogP contribution in [0.15, 0.2) is 66.9 Å². The van der Waals surface area contributed by atoms with Crippen LogP contribution < -0.4 is 5.32 Å². The molecule has 1 aliphatic rings. The first kappa shape index (κ1) is 18.1. The molecule has 2 unspecified atom stereocenters. The predicted molar refractivity (Wildman–Crippen MR) is 120 cm³/mol. The summed E-state index contributed by atoms with van der Waals surface area (Å²) >= 11 is 0. The molecule has 0 aliphatic heterocycles. The number of aryl methyl sites for hydroxylation is 2. The first-order valence-corrected chi connectivity index (χ1v) is 10.6. The Balaban J connectivity index is 1.49. The fraction of sp³-hybridized carbons (Fsp3) is 0.269. The minimum atomic E-state index is 0.327. The van der Waals surface area contributed by atoms with E-state index in [0.717, 1.165) is 12.1 Å². The number of rotatable bonds is 4. The molecule has 0 bridgehead atoms. The molecule has 3 nitrogen and oxygen atoms in total. The maximum atomic E-state index is 4.47. The van der Waals surface area contributed by atoms with E-state index in [9.17, 15) is 0 Å². The van der Waals surface area contributed by atoms with E-state index < -0.39 is 0 Å². The van der Waals surface area contributed by atoms with Gasteiger partial charge in [-0.15, -0.1) is 0 Å². The van der Waals surface area contributed by atoms with Gasteiger partial charge >= 0.3 is 0 Å². The Hall–Kier alpha value is -2.91. The molecular weight excluding hydrogens is 354 g/mol. The molecule has 146 valence electrons. The largest absolute Gasteiger partial charge is 0.357 e. The van der Waals surface area contributed by atoms with Crippen LogP contribution in [-0.2, 0) is 6.42 Å². The molecule has 2 heterocycles. The van der Waals surface area contributed by atoms with E-state index in [-0.39, 0.29) is 0 Å². The van der Waals surface area contributed by atoms with E-state index in [0.29, 0.717) is 12.1 Å². The van der Waals surface area contributed by atoms with Crippen molar-refractivity contribution in [3.63, 3.8) is 0 Å². The molecular formula is C26H27N3. The molecule has 3 heteroatoms. The van der Waals surface area contributed by atoms with E-state index in [1.54, 1.807) is 0 Å². The molecule has 2 aromatic heterocycles. The molecule has 1 aliphatic carbocycles. The van der Waals surface area contributed by atoms with Gasteiger partial charge in [-0.25, -0.2) is 0 Å². The van der Waals surface area contributed by atoms with Crippen LogP contribution in [0.1, 0.15) is 54.4 Å². The molecule has 0 saturated heterocycles. The molecule has 2 aromatic carbocycles. The van der Waals surface area contributed by atoms with Crippen molar-refractivity contribution in [2.45, 2.75) is 45.2 Å². The smallest absolute Gasteiger partial charge is 0.0480 e. The van der Waals surface area contributed by atoms with Gasteiger partial charge in [-0.2, -0.15) is 0 Å². The Morgan fingerprint density at radius 1 is 1.03 bits per heavy atom. The Morgan fingerprint density at radius 2 is 1.86 bits per heavy atom. The van der Waals surface area contributed by atoms with Crippen molar-refractivity contribution in [2.24, 2.45) is 0 Å². The monoisotopic (exact) mass is 381 g/mol. The Kier molecular flexibility index (Phi) is 4.69. The molecule has 29 heavy (non-hydrogen) atoms. The maximum absolute atomic E-state index is 4.47. The molecule has 2 atom stereocenters. The number of aromatic nitrogens is 2. The van der Waals surface area contributed by atoms with Gasteiger partial charge in [0.15, 0.2) is 0 Å². The van der Waals surface area contributed by atoms with Gasteiger partial charge in [0, 0.05) is 46.1 Å². The summed E-state index contributed by atoms with van der Waals surface area (Å²) in [5.41, 5.74) is 8.88. The lowest BCUT2D eigenvalue weighted by Gasteiger charge is -2.27. The van der Waals surface area contributed by atoms with Gasteiger partial charge < -0.3 is 10.3 Å². The van der Waals surface area contributed by atoms with Crippen LogP contribution in [0.5, 0.6) is 0 Å². The first-order valence-electron chi connectivity index (χ1n) is 10.6. The lowest BCUT2D eigenvalue weighted by atomic mass is 9.90. The second-order valence-corrected chi connectivity index (χ2v) is 8.21. The minimum absolute atomic E-state index is 0.327. The average molecular weight is 382 g/mol. The standard InChI is InChI=1S/C26H27N3/c1-17-11-12-21(16-27-17)20-13-14-24-23(15-20)22-9-6-10-25(26(22)29-24)28-18(2)19-7-4-3-5-8-19/h3-5,7-8,11-16,18,25,28-29H,6,9-10H2,1-2H3. The quantitative estimate of drug-likeness (QED) is 0.437. The highest BCUT2D eigenvalue weighted by molar-refractivity contribution is 5.89. The Labute approximate surface area is 172 Å². The molecule has 0 fully saturated rings. The zero-order chi connectivity index (χ0) is 19.8. The highest BCUT2D eigenvalue weighted by atomic mass is 15.0. The van der Waals surface area contributed by atoms with Crippen molar-refractivity contribution in [1.82, 2.24) is 15.3 Å². The van der Waals surface area contributed by atoms with Crippen LogP contribution in [0.4, 0.5) is 0 Å². The highest BCUT2D eigenvalue weighted by Gasteiger charge is 2.25. The number of nitrogens with zero attached hydrogens (tertiary/aromatic N) is 1. The SMILES string of the molecule is Cc1ccc(-c2ccc3[nH]c4c(c3c2)CCCC4NC(C)c2ccccc2)cn1. The number of hydrogen-bond acceptors (Lipinski definition) is 2. The van der Waals surface area contributed by atoms with Gasteiger partial charge in [-0.05, 0) is 68.0 Å². The summed E-state index contributed by atoms with van der Waals surface area (Å²) in [6.45, 7) is 4.29. The van der Waals surface area contributed by atoms with Gasteiger partial charge in [0.25, 0.3) is 0 Å². The second-order valence-electron chi connectivity index (χ2n) is 8.21. The van der Waals surface area contributed by atoms with Gasteiger partial charge in [0.2, 0.25) is 0 Å². The molecule has 2 N–H and O–H groups in total. The van der Waals surface area contributed by atoms with Crippen molar-refractivity contribution >= 4 is 10.9 Å². The molecule has 0 amide bonds. The predicted octanol–water partition coefficient (Wildman–Crippen LogP) is 6.27. The van der Waals surface area contributed by atoms with Crippen molar-refractivity contribution in [2.75, 3.05) is 0 Å². The molecule has 4 aromatic rings. The number of fused-ring (bicyclic) bond motifs is 3. The summed E-state index contributed by atoms with van der Waals surface area (Å²) in [5.74, 6) is 0. The second kappa shape index (κ2) is 7.49. The van der Waals surface area contributed by atoms with E-state index in [4.69, 9.17) is 0 Å². The van der Waals surface area contributed by atoms with E-state index >= 15 is 0 Å². The van der Waals surface area contributed by atoms with Crippen molar-refractivity contribution in [1.29, 1.82) is 0 Å². The van der Waals surface area contributed by atoms with Crippen molar-refractivity contribution in [3.05, 3.63) is 89.4 Å². The van der Waals surface area contributed by atoms with E-state index in [2.05, 4.69) is 82.9 Å². The third-order valence-corrected chi connectivity index (χ3v) is 6.20. The van der Waals surface area contributed by atoms with Crippen LogP contribution in [0.25, 0.3) is 22.0 Å². The third-order valence-electron chi connectivity index (χ3n) is 6.20. The van der Waals surface area contributed by atoms with Crippen LogP contribution in [-0.4, -0.2) is 9.97 Å².